The number of amides is 2. The van der Waals surface area contributed by atoms with E-state index in [1.165, 1.54) is 4.90 Å². The first-order valence-electron chi connectivity index (χ1n) is 12.2. The van der Waals surface area contributed by atoms with Gasteiger partial charge in [-0.25, -0.2) is 8.42 Å². The Morgan fingerprint density at radius 2 is 1.71 bits per heavy atom. The summed E-state index contributed by atoms with van der Waals surface area (Å²) in [7, 11) is -3.76. The fourth-order valence-electron chi connectivity index (χ4n) is 4.09. The quantitative estimate of drug-likeness (QED) is 0.472. The summed E-state index contributed by atoms with van der Waals surface area (Å²) >= 11 is 0. The molecular weight excluding hydrogens is 462 g/mol. The molecule has 0 radical (unpaired) electrons. The topological polar surface area (TPSA) is 86.8 Å². The fourth-order valence-corrected chi connectivity index (χ4v) is 4.96. The SMILES string of the molecule is CCCNC(=O)[C@@H](CC)N(Cc1cccc(C)c1)C(=O)CN(c1ccccc1C(C)C)S(C)(=O)=O. The molecule has 0 aromatic heterocycles. The maximum Gasteiger partial charge on any atom is 0.244 e. The van der Waals surface area contributed by atoms with Gasteiger partial charge in [-0.1, -0.05) is 75.7 Å². The van der Waals surface area contributed by atoms with Crippen molar-refractivity contribution < 1.29 is 18.0 Å². The molecule has 0 unspecified atom stereocenters. The number of aryl methyl sites for hydroxylation is 1. The molecule has 0 saturated heterocycles. The molecule has 2 amide bonds. The molecule has 1 atom stereocenters. The molecule has 0 spiro atoms. The van der Waals surface area contributed by atoms with Crippen molar-refractivity contribution in [3.63, 3.8) is 0 Å². The zero-order chi connectivity index (χ0) is 26.2. The number of hydrogen-bond donors (Lipinski definition) is 1. The van der Waals surface area contributed by atoms with Gasteiger partial charge in [-0.15, -0.1) is 0 Å². The van der Waals surface area contributed by atoms with Gasteiger partial charge in [0.05, 0.1) is 11.9 Å². The molecular formula is C27H39N3O4S. The Bertz CT molecular complexity index is 1110. The fraction of sp³-hybridized carbons (Fsp3) is 0.481. The van der Waals surface area contributed by atoms with E-state index in [0.29, 0.717) is 18.7 Å². The average molecular weight is 502 g/mol. The van der Waals surface area contributed by atoms with Crippen LogP contribution in [0.5, 0.6) is 0 Å². The van der Waals surface area contributed by atoms with Crippen LogP contribution in [0.2, 0.25) is 0 Å². The number of nitrogens with zero attached hydrogens (tertiary/aromatic N) is 2. The minimum atomic E-state index is -3.76. The Morgan fingerprint density at radius 1 is 1.03 bits per heavy atom. The molecule has 2 aromatic carbocycles. The van der Waals surface area contributed by atoms with E-state index in [-0.39, 0.29) is 24.9 Å². The summed E-state index contributed by atoms with van der Waals surface area (Å²) < 4.78 is 26.9. The molecule has 2 aromatic rings. The third-order valence-corrected chi connectivity index (χ3v) is 7.00. The van der Waals surface area contributed by atoms with Crippen LogP contribution in [-0.4, -0.2) is 50.5 Å². The molecule has 2 rings (SSSR count). The van der Waals surface area contributed by atoms with E-state index in [1.807, 2.05) is 71.0 Å². The smallest absolute Gasteiger partial charge is 0.244 e. The first kappa shape index (κ1) is 28.4. The lowest BCUT2D eigenvalue weighted by Crippen LogP contribution is -2.52. The van der Waals surface area contributed by atoms with E-state index in [4.69, 9.17) is 0 Å². The predicted octanol–water partition coefficient (Wildman–Crippen LogP) is 4.22. The van der Waals surface area contributed by atoms with Crippen molar-refractivity contribution in [3.8, 4) is 0 Å². The van der Waals surface area contributed by atoms with Crippen LogP contribution in [-0.2, 0) is 26.2 Å². The summed E-state index contributed by atoms with van der Waals surface area (Å²) in [5.41, 5.74) is 3.25. The van der Waals surface area contributed by atoms with E-state index in [0.717, 1.165) is 33.7 Å². The van der Waals surface area contributed by atoms with Crippen LogP contribution < -0.4 is 9.62 Å². The zero-order valence-corrected chi connectivity index (χ0v) is 22.6. The second kappa shape index (κ2) is 12.7. The molecule has 0 aliphatic carbocycles. The number of sulfonamides is 1. The highest BCUT2D eigenvalue weighted by molar-refractivity contribution is 7.92. The van der Waals surface area contributed by atoms with Crippen molar-refractivity contribution in [3.05, 3.63) is 65.2 Å². The van der Waals surface area contributed by atoms with Gasteiger partial charge in [-0.2, -0.15) is 0 Å². The van der Waals surface area contributed by atoms with Crippen molar-refractivity contribution in [1.82, 2.24) is 10.2 Å². The van der Waals surface area contributed by atoms with Gasteiger partial charge in [-0.05, 0) is 42.9 Å². The third-order valence-electron chi connectivity index (χ3n) is 5.88. The minimum Gasteiger partial charge on any atom is -0.354 e. The molecule has 35 heavy (non-hydrogen) atoms. The van der Waals surface area contributed by atoms with Gasteiger partial charge in [0.25, 0.3) is 0 Å². The van der Waals surface area contributed by atoms with Crippen molar-refractivity contribution in [2.75, 3.05) is 23.7 Å². The first-order valence-corrected chi connectivity index (χ1v) is 14.0. The number of para-hydroxylation sites is 1. The molecule has 0 aliphatic rings. The second-order valence-electron chi connectivity index (χ2n) is 9.21. The summed E-state index contributed by atoms with van der Waals surface area (Å²) in [6.45, 7) is 10.1. The van der Waals surface area contributed by atoms with Crippen LogP contribution in [0.4, 0.5) is 5.69 Å². The molecule has 0 fully saturated rings. The van der Waals surface area contributed by atoms with Gasteiger partial charge in [0.2, 0.25) is 21.8 Å². The van der Waals surface area contributed by atoms with E-state index >= 15 is 0 Å². The first-order chi connectivity index (χ1) is 16.5. The van der Waals surface area contributed by atoms with Crippen molar-refractivity contribution in [2.45, 2.75) is 66.0 Å². The van der Waals surface area contributed by atoms with Gasteiger partial charge in [0.1, 0.15) is 12.6 Å². The summed E-state index contributed by atoms with van der Waals surface area (Å²) in [4.78, 5) is 28.3. The maximum absolute atomic E-state index is 13.8. The van der Waals surface area contributed by atoms with E-state index < -0.39 is 22.0 Å². The van der Waals surface area contributed by atoms with Crippen molar-refractivity contribution in [1.29, 1.82) is 0 Å². The number of rotatable bonds is 12. The summed E-state index contributed by atoms with van der Waals surface area (Å²) in [6.07, 6.45) is 2.30. The Kier molecular flexibility index (Phi) is 10.3. The normalized spacial score (nSPS) is 12.3. The van der Waals surface area contributed by atoms with Crippen LogP contribution >= 0.6 is 0 Å². The Hall–Kier alpha value is -2.87. The van der Waals surface area contributed by atoms with Crippen LogP contribution in [0.15, 0.2) is 48.5 Å². The highest BCUT2D eigenvalue weighted by Crippen LogP contribution is 2.29. The number of carbonyl (C=O) groups is 2. The van der Waals surface area contributed by atoms with Gasteiger partial charge in [0.15, 0.2) is 0 Å². The van der Waals surface area contributed by atoms with Crippen molar-refractivity contribution in [2.24, 2.45) is 0 Å². The highest BCUT2D eigenvalue weighted by atomic mass is 32.2. The standard InChI is InChI=1S/C27H39N3O4S/c1-7-16-28-27(32)24(8-2)29(18-22-13-11-12-21(5)17-22)26(31)19-30(35(6,33)34)25-15-10-9-14-23(25)20(3)4/h9-15,17,20,24H,7-8,16,18-19H2,1-6H3,(H,28,32)/t24-/m1/s1. The van der Waals surface area contributed by atoms with Crippen LogP contribution in [0.3, 0.4) is 0 Å². The molecule has 0 saturated carbocycles. The monoisotopic (exact) mass is 501 g/mol. The number of carbonyl (C=O) groups excluding carboxylic acids is 2. The summed E-state index contributed by atoms with van der Waals surface area (Å²) in [5.74, 6) is -0.588. The molecule has 0 bridgehead atoms. The molecule has 8 heteroatoms. The van der Waals surface area contributed by atoms with Gasteiger partial charge in [-0.3, -0.25) is 13.9 Å². The summed E-state index contributed by atoms with van der Waals surface area (Å²) in [5, 5.41) is 2.89. The van der Waals surface area contributed by atoms with Crippen molar-refractivity contribution >= 4 is 27.5 Å². The highest BCUT2D eigenvalue weighted by Gasteiger charge is 2.32. The number of nitrogens with one attached hydrogen (secondary N) is 1. The lowest BCUT2D eigenvalue weighted by atomic mass is 10.0. The number of anilines is 1. The van der Waals surface area contributed by atoms with E-state index in [1.54, 1.807) is 12.1 Å². The molecule has 0 aliphatic heterocycles. The Balaban J connectivity index is 2.49. The van der Waals surface area contributed by atoms with E-state index in [9.17, 15) is 18.0 Å². The lowest BCUT2D eigenvalue weighted by molar-refractivity contribution is -0.140. The van der Waals surface area contributed by atoms with Gasteiger partial charge in [0, 0.05) is 13.1 Å². The average Bonchev–Trinajstić information content (AvgIpc) is 2.80. The molecule has 0 heterocycles. The van der Waals surface area contributed by atoms with E-state index in [2.05, 4.69) is 5.32 Å². The van der Waals surface area contributed by atoms with Gasteiger partial charge < -0.3 is 10.2 Å². The molecule has 192 valence electrons. The zero-order valence-electron chi connectivity index (χ0n) is 21.7. The predicted molar refractivity (Wildman–Crippen MR) is 142 cm³/mol. The van der Waals surface area contributed by atoms with Crippen LogP contribution in [0.1, 0.15) is 63.1 Å². The molecule has 7 nitrogen and oxygen atoms in total. The minimum absolute atomic E-state index is 0.0668. The van der Waals surface area contributed by atoms with Gasteiger partial charge >= 0.3 is 0 Å². The number of hydrogen-bond acceptors (Lipinski definition) is 4. The maximum atomic E-state index is 13.8. The Labute approximate surface area is 210 Å². The number of benzene rings is 2. The second-order valence-corrected chi connectivity index (χ2v) is 11.1. The Morgan fingerprint density at radius 3 is 2.29 bits per heavy atom. The largest absolute Gasteiger partial charge is 0.354 e. The summed E-state index contributed by atoms with van der Waals surface area (Å²) in [6, 6.07) is 14.3. The lowest BCUT2D eigenvalue weighted by Gasteiger charge is -2.33. The third kappa shape index (κ3) is 7.82. The van der Waals surface area contributed by atoms with Crippen LogP contribution in [0, 0.1) is 6.92 Å². The van der Waals surface area contributed by atoms with Crippen LogP contribution in [0.25, 0.3) is 0 Å². The molecule has 1 N–H and O–H groups in total.